The summed E-state index contributed by atoms with van der Waals surface area (Å²) in [4.78, 5) is 1.18. The molecule has 1 unspecified atom stereocenters. The monoisotopic (exact) mass is 239 g/mol. The van der Waals surface area contributed by atoms with Crippen LogP contribution in [0.3, 0.4) is 0 Å². The average Bonchev–Trinajstić information content (AvgIpc) is 2.31. The molecular formula is C12H19N2OS+. The molecule has 16 heavy (non-hydrogen) atoms. The van der Waals surface area contributed by atoms with Crippen LogP contribution >= 0.6 is 0 Å². The topological polar surface area (TPSA) is 47.3 Å². The van der Waals surface area contributed by atoms with E-state index in [4.69, 9.17) is 9.88 Å². The Hall–Kier alpha value is -0.710. The van der Waals surface area contributed by atoms with Gasteiger partial charge < -0.3 is 10.1 Å². The molecule has 0 bridgehead atoms. The predicted molar refractivity (Wildman–Crippen MR) is 68.7 cm³/mol. The summed E-state index contributed by atoms with van der Waals surface area (Å²) in [6, 6.07) is 8.15. The smallest absolute Gasteiger partial charge is 0.175 e. The molecule has 1 aliphatic heterocycles. The quantitative estimate of drug-likeness (QED) is 0.782. The molecule has 1 aromatic carbocycles. The molecule has 1 aliphatic rings. The zero-order valence-corrected chi connectivity index (χ0v) is 10.4. The highest BCUT2D eigenvalue weighted by Gasteiger charge is 2.15. The number of benzene rings is 1. The minimum Gasteiger partial charge on any atom is -0.490 e. The summed E-state index contributed by atoms with van der Waals surface area (Å²) in [7, 11) is 0. The average molecular weight is 239 g/mol. The summed E-state index contributed by atoms with van der Waals surface area (Å²) in [6.45, 7) is 2.12. The molecule has 2 rings (SSSR count). The number of hydrogen-bond acceptors (Lipinski definition) is 3. The molecule has 3 nitrogen and oxygen atoms in total. The van der Waals surface area contributed by atoms with E-state index in [1.165, 1.54) is 4.90 Å². The number of piperidine rings is 1. The predicted octanol–water partition coefficient (Wildman–Crippen LogP) is 1.30. The summed E-state index contributed by atoms with van der Waals surface area (Å²) in [5, 5.41) is 9.16. The number of rotatable bonds is 3. The van der Waals surface area contributed by atoms with Crippen LogP contribution in [0.2, 0.25) is 0 Å². The highest BCUT2D eigenvalue weighted by molar-refractivity contribution is 7.94. The van der Waals surface area contributed by atoms with E-state index in [-0.39, 0.29) is 11.1 Å². The van der Waals surface area contributed by atoms with Gasteiger partial charge in [0.05, 0.1) is 0 Å². The van der Waals surface area contributed by atoms with Crippen LogP contribution in [0.4, 0.5) is 0 Å². The van der Waals surface area contributed by atoms with Crippen LogP contribution in [0, 0.1) is 0 Å². The van der Waals surface area contributed by atoms with Crippen LogP contribution in [-0.4, -0.2) is 25.4 Å². The molecular weight excluding hydrogens is 220 g/mol. The number of hydrogen-bond donors (Lipinski definition) is 2. The standard InChI is InChI=1S/C12H19N2OS/c1-16(13)12-4-2-10(3-5-12)15-11-6-8-14-9-7-11/h2-5,11,14H,6-9,13H2,1H3/q+1. The van der Waals surface area contributed by atoms with Crippen LogP contribution in [0.1, 0.15) is 12.8 Å². The van der Waals surface area contributed by atoms with Gasteiger partial charge in [-0.3, -0.25) is 0 Å². The summed E-state index contributed by atoms with van der Waals surface area (Å²) in [6.07, 6.45) is 4.57. The zero-order chi connectivity index (χ0) is 11.4. The molecule has 1 heterocycles. The summed E-state index contributed by atoms with van der Waals surface area (Å²) >= 11 is -0.159. The third kappa shape index (κ3) is 3.14. The molecule has 1 saturated heterocycles. The second kappa shape index (κ2) is 5.57. The van der Waals surface area contributed by atoms with Crippen molar-refractivity contribution in [2.24, 2.45) is 5.14 Å². The Balaban J connectivity index is 1.93. The van der Waals surface area contributed by atoms with E-state index in [0.717, 1.165) is 31.7 Å². The van der Waals surface area contributed by atoms with Crippen molar-refractivity contribution in [2.45, 2.75) is 23.8 Å². The van der Waals surface area contributed by atoms with Crippen molar-refractivity contribution in [1.82, 2.24) is 5.32 Å². The summed E-state index contributed by atoms with van der Waals surface area (Å²) in [5.74, 6) is 0.959. The highest BCUT2D eigenvalue weighted by Crippen LogP contribution is 2.18. The van der Waals surface area contributed by atoms with Crippen molar-refractivity contribution in [1.29, 1.82) is 0 Å². The maximum Gasteiger partial charge on any atom is 0.175 e. The molecule has 0 saturated carbocycles. The Morgan fingerprint density at radius 2 is 1.88 bits per heavy atom. The maximum atomic E-state index is 5.91. The molecule has 88 valence electrons. The molecule has 1 aromatic rings. The van der Waals surface area contributed by atoms with Crippen molar-refractivity contribution >= 4 is 11.1 Å². The Morgan fingerprint density at radius 1 is 1.25 bits per heavy atom. The number of ether oxygens (including phenoxy) is 1. The molecule has 0 aliphatic carbocycles. The van der Waals surface area contributed by atoms with E-state index >= 15 is 0 Å². The minimum atomic E-state index is -0.159. The van der Waals surface area contributed by atoms with Crippen LogP contribution in [0.5, 0.6) is 5.75 Å². The van der Waals surface area contributed by atoms with Gasteiger partial charge in [0.2, 0.25) is 0 Å². The van der Waals surface area contributed by atoms with Gasteiger partial charge in [-0.2, -0.15) is 0 Å². The van der Waals surface area contributed by atoms with E-state index in [1.807, 2.05) is 18.4 Å². The minimum absolute atomic E-state index is 0.159. The van der Waals surface area contributed by atoms with Crippen LogP contribution in [0.25, 0.3) is 0 Å². The number of nitrogens with two attached hydrogens (primary N) is 1. The number of nitrogens with one attached hydrogen (secondary N) is 1. The molecule has 4 heteroatoms. The van der Waals surface area contributed by atoms with E-state index in [0.29, 0.717) is 6.10 Å². The first kappa shape index (κ1) is 11.8. The van der Waals surface area contributed by atoms with Gasteiger partial charge >= 0.3 is 0 Å². The second-order valence-electron chi connectivity index (χ2n) is 4.10. The van der Waals surface area contributed by atoms with E-state index in [2.05, 4.69) is 17.4 Å². The largest absolute Gasteiger partial charge is 0.490 e. The highest BCUT2D eigenvalue weighted by atomic mass is 32.2. The van der Waals surface area contributed by atoms with Crippen molar-refractivity contribution in [3.05, 3.63) is 24.3 Å². The van der Waals surface area contributed by atoms with E-state index in [9.17, 15) is 0 Å². The van der Waals surface area contributed by atoms with Gasteiger partial charge in [0, 0.05) is 0 Å². The van der Waals surface area contributed by atoms with Crippen molar-refractivity contribution < 1.29 is 4.74 Å². The van der Waals surface area contributed by atoms with E-state index in [1.54, 1.807) is 0 Å². The Bertz CT molecular complexity index is 320. The van der Waals surface area contributed by atoms with Crippen LogP contribution < -0.4 is 15.2 Å². The lowest BCUT2D eigenvalue weighted by Gasteiger charge is -2.23. The van der Waals surface area contributed by atoms with Gasteiger partial charge in [0.1, 0.15) is 29.2 Å². The first-order valence-electron chi connectivity index (χ1n) is 5.63. The Kier molecular flexibility index (Phi) is 4.09. The summed E-state index contributed by atoms with van der Waals surface area (Å²) < 4.78 is 5.91. The Morgan fingerprint density at radius 3 is 2.44 bits per heavy atom. The third-order valence-electron chi connectivity index (χ3n) is 2.78. The van der Waals surface area contributed by atoms with Crippen molar-refractivity contribution in [3.8, 4) is 5.75 Å². The fourth-order valence-electron chi connectivity index (χ4n) is 1.84. The lowest BCUT2D eigenvalue weighted by molar-refractivity contribution is 0.162. The van der Waals surface area contributed by atoms with E-state index < -0.39 is 0 Å². The molecule has 3 N–H and O–H groups in total. The van der Waals surface area contributed by atoms with Gasteiger partial charge in [-0.1, -0.05) is 0 Å². The lowest BCUT2D eigenvalue weighted by Crippen LogP contribution is -2.34. The van der Waals surface area contributed by atoms with Gasteiger partial charge in [0.25, 0.3) is 0 Å². The Labute approximate surface area is 99.8 Å². The molecule has 1 fully saturated rings. The van der Waals surface area contributed by atoms with Crippen LogP contribution in [0.15, 0.2) is 29.2 Å². The van der Waals surface area contributed by atoms with Gasteiger partial charge in [-0.05, 0) is 50.2 Å². The van der Waals surface area contributed by atoms with Crippen molar-refractivity contribution in [3.63, 3.8) is 0 Å². The normalized spacial score (nSPS) is 19.4. The van der Waals surface area contributed by atoms with Gasteiger partial charge in [0.15, 0.2) is 4.90 Å². The molecule has 0 amide bonds. The van der Waals surface area contributed by atoms with Crippen molar-refractivity contribution in [2.75, 3.05) is 19.3 Å². The summed E-state index contributed by atoms with van der Waals surface area (Å²) in [5.41, 5.74) is 0. The zero-order valence-electron chi connectivity index (χ0n) is 9.61. The van der Waals surface area contributed by atoms with Gasteiger partial charge in [-0.25, -0.2) is 0 Å². The fraction of sp³-hybridized carbons (Fsp3) is 0.500. The molecule has 0 spiro atoms. The van der Waals surface area contributed by atoms with Gasteiger partial charge in [-0.15, -0.1) is 5.14 Å². The third-order valence-corrected chi connectivity index (χ3v) is 3.80. The SMILES string of the molecule is C[S+](N)c1ccc(OC2CCNCC2)cc1. The first-order chi connectivity index (χ1) is 7.75. The first-order valence-corrected chi connectivity index (χ1v) is 7.33. The van der Waals surface area contributed by atoms with Crippen LogP contribution in [-0.2, 0) is 11.1 Å². The maximum absolute atomic E-state index is 5.91. The molecule has 0 aromatic heterocycles. The fourth-order valence-corrected chi connectivity index (χ4v) is 2.40. The molecule has 0 radical (unpaired) electrons. The second-order valence-corrected chi connectivity index (χ2v) is 5.68. The molecule has 1 atom stereocenters. The lowest BCUT2D eigenvalue weighted by atomic mass is 10.1.